The second-order valence-electron chi connectivity index (χ2n) is 7.67. The van der Waals surface area contributed by atoms with Crippen LogP contribution in [-0.2, 0) is 12.8 Å². The van der Waals surface area contributed by atoms with E-state index in [2.05, 4.69) is 53.4 Å². The van der Waals surface area contributed by atoms with E-state index in [-0.39, 0.29) is 12.1 Å². The molecule has 1 aliphatic heterocycles. The molecule has 2 N–H and O–H groups in total. The number of aromatic nitrogens is 1. The molecule has 1 aromatic heterocycles. The highest BCUT2D eigenvalue weighted by atomic mass is 16.2. The topological polar surface area (TPSA) is 51.4 Å². The Kier molecular flexibility index (Phi) is 4.72. The Labute approximate surface area is 161 Å². The largest absolute Gasteiger partial charge is 0.358 e. The van der Waals surface area contributed by atoms with Crippen LogP contribution >= 0.6 is 0 Å². The summed E-state index contributed by atoms with van der Waals surface area (Å²) in [4.78, 5) is 20.4. The summed E-state index contributed by atoms with van der Waals surface area (Å²) in [6, 6.07) is 6.99. The monoisotopic (exact) mass is 366 g/mol. The molecule has 144 valence electrons. The lowest BCUT2D eigenvalue weighted by Crippen LogP contribution is -2.52. The highest BCUT2D eigenvalue weighted by molar-refractivity contribution is 5.99. The van der Waals surface area contributed by atoms with E-state index >= 15 is 0 Å². The van der Waals surface area contributed by atoms with Gasteiger partial charge in [-0.15, -0.1) is 0 Å². The molecule has 1 aliphatic carbocycles. The van der Waals surface area contributed by atoms with Crippen molar-refractivity contribution < 1.29 is 4.79 Å². The normalized spacial score (nSPS) is 21.7. The molecule has 0 unspecified atom stereocenters. The zero-order valence-corrected chi connectivity index (χ0v) is 16.8. The molecule has 0 fully saturated rings. The van der Waals surface area contributed by atoms with Crippen LogP contribution in [0.3, 0.4) is 0 Å². The van der Waals surface area contributed by atoms with Crippen molar-refractivity contribution in [2.75, 3.05) is 26.7 Å². The number of carbonyl (C=O) groups excluding carboxylic acids is 1. The summed E-state index contributed by atoms with van der Waals surface area (Å²) in [6.45, 7) is 8.57. The molecule has 0 bridgehead atoms. The fourth-order valence-corrected chi connectivity index (χ4v) is 4.77. The van der Waals surface area contributed by atoms with E-state index in [1.165, 1.54) is 33.3 Å². The predicted molar refractivity (Wildman–Crippen MR) is 111 cm³/mol. The zero-order chi connectivity index (χ0) is 19.1. The van der Waals surface area contributed by atoms with Crippen LogP contribution in [-0.4, -0.2) is 59.6 Å². The van der Waals surface area contributed by atoms with Crippen LogP contribution in [0.25, 0.3) is 16.5 Å². The van der Waals surface area contributed by atoms with Gasteiger partial charge < -0.3 is 15.2 Å². The van der Waals surface area contributed by atoms with Gasteiger partial charge in [0.1, 0.15) is 0 Å². The lowest BCUT2D eigenvalue weighted by Gasteiger charge is -2.40. The van der Waals surface area contributed by atoms with Crippen molar-refractivity contribution in [1.29, 1.82) is 0 Å². The van der Waals surface area contributed by atoms with Crippen molar-refractivity contribution in [1.82, 2.24) is 20.1 Å². The Hall–Kier alpha value is -2.27. The maximum absolute atomic E-state index is 12.5. The molecule has 0 spiro atoms. The van der Waals surface area contributed by atoms with Gasteiger partial charge in [0.15, 0.2) is 0 Å². The van der Waals surface area contributed by atoms with Gasteiger partial charge in [-0.2, -0.15) is 0 Å². The quantitative estimate of drug-likeness (QED) is 0.871. The number of amides is 2. The van der Waals surface area contributed by atoms with E-state index in [0.29, 0.717) is 6.04 Å². The van der Waals surface area contributed by atoms with Gasteiger partial charge in [-0.05, 0) is 56.5 Å². The molecule has 2 atom stereocenters. The molecule has 2 amide bonds. The van der Waals surface area contributed by atoms with Gasteiger partial charge >= 0.3 is 6.03 Å². The van der Waals surface area contributed by atoms with Crippen LogP contribution < -0.4 is 5.32 Å². The molecule has 1 aromatic carbocycles. The molecule has 5 nitrogen and oxygen atoms in total. The standard InChI is InChI=1S/C22H30N4O/c1-5-18-17-12-20-16(15-9-8-10-19(24-18)21(15)17)11-14(13-25(20)4)23-22(27)26(6-2)7-3/h8-11,14,20,24H,5-7,12-13H2,1-4H3,(H,23,27)/t14-,20+/m0/s1. The zero-order valence-electron chi connectivity index (χ0n) is 16.8. The number of hydrogen-bond acceptors (Lipinski definition) is 2. The number of nitrogens with one attached hydrogen (secondary N) is 2. The average molecular weight is 367 g/mol. The molecule has 2 aliphatic rings. The van der Waals surface area contributed by atoms with Crippen molar-refractivity contribution >= 4 is 22.5 Å². The number of carbonyl (C=O) groups is 1. The summed E-state index contributed by atoms with van der Waals surface area (Å²) < 4.78 is 0. The van der Waals surface area contributed by atoms with E-state index in [1.807, 2.05) is 18.7 Å². The van der Waals surface area contributed by atoms with E-state index in [9.17, 15) is 4.79 Å². The van der Waals surface area contributed by atoms with Crippen LogP contribution in [0.5, 0.6) is 0 Å². The van der Waals surface area contributed by atoms with Crippen LogP contribution in [0, 0.1) is 0 Å². The molecule has 2 heterocycles. The fourth-order valence-electron chi connectivity index (χ4n) is 4.77. The summed E-state index contributed by atoms with van der Waals surface area (Å²) in [5.41, 5.74) is 6.75. The van der Waals surface area contributed by atoms with E-state index < -0.39 is 0 Å². The Balaban J connectivity index is 1.73. The fraction of sp³-hybridized carbons (Fsp3) is 0.500. The third-order valence-electron chi connectivity index (χ3n) is 6.19. The summed E-state index contributed by atoms with van der Waals surface area (Å²) in [6.07, 6.45) is 4.36. The maximum Gasteiger partial charge on any atom is 0.317 e. The first-order chi connectivity index (χ1) is 13.1. The number of nitrogens with zero attached hydrogens (tertiary/aromatic N) is 2. The second kappa shape index (κ2) is 7.04. The first kappa shape index (κ1) is 18.1. The Morgan fingerprint density at radius 1 is 1.30 bits per heavy atom. The molecular weight excluding hydrogens is 336 g/mol. The molecular formula is C22H30N4O. The minimum Gasteiger partial charge on any atom is -0.358 e. The summed E-state index contributed by atoms with van der Waals surface area (Å²) in [5.74, 6) is 0. The summed E-state index contributed by atoms with van der Waals surface area (Å²) in [5, 5.41) is 4.59. The summed E-state index contributed by atoms with van der Waals surface area (Å²) in [7, 11) is 2.18. The minimum atomic E-state index is 0.0262. The number of hydrogen-bond donors (Lipinski definition) is 2. The van der Waals surface area contributed by atoms with Crippen LogP contribution in [0.1, 0.15) is 37.6 Å². The molecule has 0 saturated heterocycles. The lowest BCUT2D eigenvalue weighted by atomic mass is 9.80. The van der Waals surface area contributed by atoms with E-state index in [4.69, 9.17) is 0 Å². The van der Waals surface area contributed by atoms with Crippen molar-refractivity contribution in [3.05, 3.63) is 41.1 Å². The number of aromatic amines is 1. The Morgan fingerprint density at radius 2 is 2.07 bits per heavy atom. The van der Waals surface area contributed by atoms with Gasteiger partial charge in [0.25, 0.3) is 0 Å². The first-order valence-corrected chi connectivity index (χ1v) is 10.2. The number of fused-ring (bicyclic) bond motifs is 2. The van der Waals surface area contributed by atoms with E-state index in [0.717, 1.165) is 32.5 Å². The van der Waals surface area contributed by atoms with Gasteiger partial charge in [0.05, 0.1) is 6.04 Å². The van der Waals surface area contributed by atoms with Gasteiger partial charge in [-0.3, -0.25) is 4.90 Å². The van der Waals surface area contributed by atoms with Crippen molar-refractivity contribution in [3.63, 3.8) is 0 Å². The minimum absolute atomic E-state index is 0.0262. The first-order valence-electron chi connectivity index (χ1n) is 10.2. The number of likely N-dealkylation sites (N-methyl/N-ethyl adjacent to an activating group) is 1. The van der Waals surface area contributed by atoms with Crippen LogP contribution in [0.15, 0.2) is 24.3 Å². The third kappa shape index (κ3) is 2.94. The van der Waals surface area contributed by atoms with Crippen LogP contribution in [0.2, 0.25) is 0 Å². The second-order valence-corrected chi connectivity index (χ2v) is 7.67. The maximum atomic E-state index is 12.5. The van der Waals surface area contributed by atoms with Crippen molar-refractivity contribution in [3.8, 4) is 0 Å². The molecule has 0 radical (unpaired) electrons. The highest BCUT2D eigenvalue weighted by Crippen LogP contribution is 2.41. The molecule has 5 heteroatoms. The SMILES string of the molecule is CCc1[nH]c2cccc3c2c1C[C@@H]1C3=C[C@H](NC(=O)N(CC)CC)CN1C. The number of urea groups is 1. The molecule has 2 aromatic rings. The van der Waals surface area contributed by atoms with Gasteiger partial charge in [-0.1, -0.05) is 25.1 Å². The predicted octanol–water partition coefficient (Wildman–Crippen LogP) is 3.40. The van der Waals surface area contributed by atoms with Gasteiger partial charge in [0.2, 0.25) is 0 Å². The third-order valence-corrected chi connectivity index (χ3v) is 6.19. The number of H-pyrrole nitrogens is 1. The smallest absolute Gasteiger partial charge is 0.317 e. The molecule has 4 rings (SSSR count). The summed E-state index contributed by atoms with van der Waals surface area (Å²) >= 11 is 0. The lowest BCUT2D eigenvalue weighted by molar-refractivity contribution is 0.193. The highest BCUT2D eigenvalue weighted by Gasteiger charge is 2.35. The Bertz CT molecular complexity index is 893. The van der Waals surface area contributed by atoms with Gasteiger partial charge in [-0.25, -0.2) is 4.79 Å². The van der Waals surface area contributed by atoms with Crippen LogP contribution in [0.4, 0.5) is 4.79 Å². The van der Waals surface area contributed by atoms with E-state index in [1.54, 1.807) is 0 Å². The average Bonchev–Trinajstić information content (AvgIpc) is 3.03. The van der Waals surface area contributed by atoms with Crippen molar-refractivity contribution in [2.45, 2.75) is 45.7 Å². The number of benzene rings is 1. The molecule has 0 saturated carbocycles. The molecule has 27 heavy (non-hydrogen) atoms. The Morgan fingerprint density at radius 3 is 2.78 bits per heavy atom. The number of rotatable bonds is 4. The van der Waals surface area contributed by atoms with Crippen molar-refractivity contribution in [2.24, 2.45) is 0 Å². The van der Waals surface area contributed by atoms with Gasteiger partial charge in [0, 0.05) is 42.3 Å². The number of aryl methyl sites for hydroxylation is 1.